The van der Waals surface area contributed by atoms with Crippen LogP contribution >= 0.6 is 0 Å². The summed E-state index contributed by atoms with van der Waals surface area (Å²) in [6.45, 7) is 4.32. The molecular weight excluding hydrogens is 272 g/mol. The van der Waals surface area contributed by atoms with Gasteiger partial charge in [-0.3, -0.25) is 0 Å². The number of halogens is 2. The normalized spacial score (nSPS) is 44.8. The molecule has 0 aromatic carbocycles. The lowest BCUT2D eigenvalue weighted by atomic mass is 9.90. The summed E-state index contributed by atoms with van der Waals surface area (Å²) in [6, 6.07) is 0. The molecule has 0 spiro atoms. The maximum atomic E-state index is 12.6. The molecule has 20 heavy (non-hydrogen) atoms. The summed E-state index contributed by atoms with van der Waals surface area (Å²) < 4.78 is 47.8. The largest absolute Gasteiger partial charge is 0.349 e. The van der Waals surface area contributed by atoms with E-state index < -0.39 is 29.7 Å². The second kappa shape index (κ2) is 5.65. The Hall–Kier alpha value is -0.600. The van der Waals surface area contributed by atoms with E-state index in [1.54, 1.807) is 13.8 Å². The van der Waals surface area contributed by atoms with Gasteiger partial charge in [-0.25, -0.2) is 0 Å². The molecule has 0 aliphatic carbocycles. The third-order valence-electron chi connectivity index (χ3n) is 4.20. The van der Waals surface area contributed by atoms with Crippen LogP contribution in [-0.4, -0.2) is 51.1 Å². The van der Waals surface area contributed by atoms with E-state index in [-0.39, 0.29) is 6.10 Å². The molecule has 1 N–H and O–H groups in total. The molecule has 2 aliphatic heterocycles. The summed E-state index contributed by atoms with van der Waals surface area (Å²) in [5.41, 5.74) is 0. The van der Waals surface area contributed by atoms with E-state index in [4.69, 9.17) is 18.9 Å². The minimum absolute atomic E-state index is 0.377. The van der Waals surface area contributed by atoms with Crippen molar-refractivity contribution in [3.8, 4) is 0 Å². The molecule has 0 bridgehead atoms. The van der Waals surface area contributed by atoms with Gasteiger partial charge in [-0.05, 0) is 19.9 Å². The fraction of sp³-hybridized carbons (Fsp3) is 0.846. The summed E-state index contributed by atoms with van der Waals surface area (Å²) in [5, 5.41) is 3.07. The Bertz CT molecular complexity index is 391. The summed E-state index contributed by atoms with van der Waals surface area (Å²) in [7, 11) is 2.97. The Morgan fingerprint density at radius 3 is 2.30 bits per heavy atom. The van der Waals surface area contributed by atoms with Crippen LogP contribution in [0.3, 0.4) is 0 Å². The van der Waals surface area contributed by atoms with Crippen molar-refractivity contribution < 1.29 is 27.7 Å². The molecule has 2 saturated heterocycles. The van der Waals surface area contributed by atoms with Crippen LogP contribution < -0.4 is 5.32 Å². The number of ether oxygens (including phenoxy) is 4. The third-order valence-corrected chi connectivity index (χ3v) is 4.20. The number of methoxy groups -OCH3 is 2. The summed E-state index contributed by atoms with van der Waals surface area (Å²) in [6.07, 6.45) is -1.71. The minimum atomic E-state index is -1.72. The Kier molecular flexibility index (Phi) is 4.46. The molecule has 0 saturated carbocycles. The molecule has 2 rings (SSSR count). The average molecular weight is 293 g/mol. The SMILES string of the molecule is COC1(C)OC2CNCC(C=C(F)F)C2OC1(C)OC. The van der Waals surface area contributed by atoms with Crippen molar-refractivity contribution in [1.29, 1.82) is 0 Å². The van der Waals surface area contributed by atoms with E-state index in [1.807, 2.05) is 0 Å². The zero-order valence-electron chi connectivity index (χ0n) is 12.1. The second-order valence-corrected chi connectivity index (χ2v) is 5.32. The molecular formula is C13H21F2NO4. The first-order valence-electron chi connectivity index (χ1n) is 6.54. The molecule has 116 valence electrons. The number of nitrogens with one attached hydrogen (secondary N) is 1. The van der Waals surface area contributed by atoms with Gasteiger partial charge in [0.1, 0.15) is 6.10 Å². The third kappa shape index (κ3) is 2.60. The van der Waals surface area contributed by atoms with Gasteiger partial charge in [0.25, 0.3) is 6.08 Å². The predicted molar refractivity (Wildman–Crippen MR) is 67.2 cm³/mol. The lowest BCUT2D eigenvalue weighted by Gasteiger charge is -2.54. The summed E-state index contributed by atoms with van der Waals surface area (Å²) in [4.78, 5) is 0. The first kappa shape index (κ1) is 15.8. The topological polar surface area (TPSA) is 49.0 Å². The van der Waals surface area contributed by atoms with E-state index in [1.165, 1.54) is 14.2 Å². The van der Waals surface area contributed by atoms with Crippen LogP contribution in [0.2, 0.25) is 0 Å². The number of fused-ring (bicyclic) bond motifs is 1. The fourth-order valence-corrected chi connectivity index (χ4v) is 2.72. The highest BCUT2D eigenvalue weighted by molar-refractivity contribution is 5.03. The van der Waals surface area contributed by atoms with Crippen molar-refractivity contribution in [2.24, 2.45) is 5.92 Å². The van der Waals surface area contributed by atoms with Crippen LogP contribution in [0.1, 0.15) is 13.8 Å². The minimum Gasteiger partial charge on any atom is -0.349 e. The van der Waals surface area contributed by atoms with Crippen molar-refractivity contribution >= 4 is 0 Å². The first-order valence-corrected chi connectivity index (χ1v) is 6.54. The standard InChI is InChI=1S/C13H21F2NO4/c1-12(17-3)13(2,18-4)20-11-8(5-10(14)15)6-16-7-9(11)19-12/h5,8-9,11,16H,6-7H2,1-4H3. The molecule has 5 atom stereocenters. The quantitative estimate of drug-likeness (QED) is 0.854. The molecule has 7 heteroatoms. The van der Waals surface area contributed by atoms with Crippen molar-refractivity contribution in [2.75, 3.05) is 27.3 Å². The Labute approximate surface area is 117 Å². The maximum Gasteiger partial charge on any atom is 0.266 e. The number of rotatable bonds is 3. The number of hydrogen-bond donors (Lipinski definition) is 1. The lowest BCUT2D eigenvalue weighted by Crippen LogP contribution is -2.69. The zero-order chi connectivity index (χ0) is 15.0. The van der Waals surface area contributed by atoms with Gasteiger partial charge in [-0.2, -0.15) is 8.78 Å². The van der Waals surface area contributed by atoms with Crippen molar-refractivity contribution in [2.45, 2.75) is 37.6 Å². The van der Waals surface area contributed by atoms with Crippen molar-refractivity contribution in [3.05, 3.63) is 12.2 Å². The molecule has 2 aliphatic rings. The van der Waals surface area contributed by atoms with Crippen molar-refractivity contribution in [1.82, 2.24) is 5.32 Å². The van der Waals surface area contributed by atoms with Crippen LogP contribution in [0.15, 0.2) is 12.2 Å². The van der Waals surface area contributed by atoms with Crippen molar-refractivity contribution in [3.63, 3.8) is 0 Å². The van der Waals surface area contributed by atoms with E-state index in [0.29, 0.717) is 13.1 Å². The molecule has 5 unspecified atom stereocenters. The molecule has 0 aromatic rings. The van der Waals surface area contributed by atoms with Gasteiger partial charge < -0.3 is 24.3 Å². The summed E-state index contributed by atoms with van der Waals surface area (Å²) >= 11 is 0. The number of hydrogen-bond acceptors (Lipinski definition) is 5. The van der Waals surface area contributed by atoms with Crippen LogP contribution in [0.5, 0.6) is 0 Å². The van der Waals surface area contributed by atoms with E-state index in [9.17, 15) is 8.78 Å². The van der Waals surface area contributed by atoms with Gasteiger partial charge in [0.2, 0.25) is 11.6 Å². The van der Waals surface area contributed by atoms with Crippen LogP contribution in [0.25, 0.3) is 0 Å². The van der Waals surface area contributed by atoms with Gasteiger partial charge in [0, 0.05) is 33.2 Å². The molecule has 0 aromatic heterocycles. The monoisotopic (exact) mass is 293 g/mol. The van der Waals surface area contributed by atoms with Crippen LogP contribution in [-0.2, 0) is 18.9 Å². The van der Waals surface area contributed by atoms with Crippen LogP contribution in [0.4, 0.5) is 8.78 Å². The molecule has 0 radical (unpaired) electrons. The lowest BCUT2D eigenvalue weighted by molar-refractivity contribution is -0.452. The first-order chi connectivity index (χ1) is 9.35. The highest BCUT2D eigenvalue weighted by atomic mass is 19.3. The van der Waals surface area contributed by atoms with Gasteiger partial charge in [-0.1, -0.05) is 0 Å². The maximum absolute atomic E-state index is 12.6. The molecule has 5 nitrogen and oxygen atoms in total. The highest BCUT2D eigenvalue weighted by Crippen LogP contribution is 2.42. The van der Waals surface area contributed by atoms with E-state index in [2.05, 4.69) is 5.32 Å². The molecule has 0 amide bonds. The highest BCUT2D eigenvalue weighted by Gasteiger charge is 2.58. The predicted octanol–water partition coefficient (Wildman–Crippen LogP) is 1.50. The second-order valence-electron chi connectivity index (χ2n) is 5.32. The van der Waals surface area contributed by atoms with Gasteiger partial charge in [0.05, 0.1) is 6.10 Å². The Morgan fingerprint density at radius 2 is 1.75 bits per heavy atom. The van der Waals surface area contributed by atoms with Gasteiger partial charge in [0.15, 0.2) is 0 Å². The van der Waals surface area contributed by atoms with Gasteiger partial charge in [-0.15, -0.1) is 0 Å². The average Bonchev–Trinajstić information content (AvgIpc) is 2.40. The number of piperidine rings is 1. The summed E-state index contributed by atoms with van der Waals surface area (Å²) in [5.74, 6) is -2.75. The van der Waals surface area contributed by atoms with E-state index >= 15 is 0 Å². The zero-order valence-corrected chi connectivity index (χ0v) is 12.1. The molecule has 2 heterocycles. The van der Waals surface area contributed by atoms with Crippen LogP contribution in [0, 0.1) is 5.92 Å². The fourth-order valence-electron chi connectivity index (χ4n) is 2.72. The van der Waals surface area contributed by atoms with E-state index in [0.717, 1.165) is 6.08 Å². The Balaban J connectivity index is 2.27. The van der Waals surface area contributed by atoms with Gasteiger partial charge >= 0.3 is 0 Å². The smallest absolute Gasteiger partial charge is 0.266 e. The Morgan fingerprint density at radius 1 is 1.15 bits per heavy atom. The molecule has 2 fully saturated rings.